The molecule has 3 rings (SSSR count). The second kappa shape index (κ2) is 6.19. The van der Waals surface area contributed by atoms with E-state index >= 15 is 0 Å². The van der Waals surface area contributed by atoms with Crippen molar-refractivity contribution in [1.82, 2.24) is 0 Å². The van der Waals surface area contributed by atoms with Crippen LogP contribution in [-0.4, -0.2) is 13.2 Å². The molecule has 2 aromatic rings. The molecule has 0 saturated carbocycles. The Balaban J connectivity index is 1.72. The number of benzene rings is 2. The lowest BCUT2D eigenvalue weighted by Crippen LogP contribution is -2.12. The number of hydrogen-bond donors (Lipinski definition) is 0. The number of ether oxygens (including phenoxy) is 2. The first-order valence-corrected chi connectivity index (χ1v) is 8.38. The van der Waals surface area contributed by atoms with Gasteiger partial charge in [-0.2, -0.15) is 0 Å². The highest BCUT2D eigenvalue weighted by atomic mass is 79.9. The quantitative estimate of drug-likeness (QED) is 0.683. The van der Waals surface area contributed by atoms with E-state index in [2.05, 4.69) is 44.0 Å². The molecule has 0 bridgehead atoms. The van der Waals surface area contributed by atoms with Crippen LogP contribution in [0.15, 0.2) is 46.9 Å². The summed E-state index contributed by atoms with van der Waals surface area (Å²) in [5.41, 5.74) is 2.39. The van der Waals surface area contributed by atoms with Crippen LogP contribution >= 0.6 is 31.9 Å². The Hall–Kier alpha value is -1.00. The van der Waals surface area contributed by atoms with Crippen LogP contribution in [0.2, 0.25) is 0 Å². The van der Waals surface area contributed by atoms with Crippen LogP contribution in [0, 0.1) is 0 Å². The van der Waals surface area contributed by atoms with E-state index in [9.17, 15) is 0 Å². The van der Waals surface area contributed by atoms with Gasteiger partial charge in [-0.05, 0) is 24.3 Å². The van der Waals surface area contributed by atoms with Gasteiger partial charge in [0, 0.05) is 20.9 Å². The van der Waals surface area contributed by atoms with Crippen molar-refractivity contribution < 1.29 is 9.47 Å². The average Bonchev–Trinajstić information content (AvgIpc) is 2.89. The Morgan fingerprint density at radius 1 is 1.20 bits per heavy atom. The van der Waals surface area contributed by atoms with Gasteiger partial charge in [-0.1, -0.05) is 50.1 Å². The molecule has 1 aliphatic heterocycles. The number of fused-ring (bicyclic) bond motifs is 1. The van der Waals surface area contributed by atoms with Crippen molar-refractivity contribution in [2.75, 3.05) is 13.2 Å². The third-order valence-electron chi connectivity index (χ3n) is 3.41. The summed E-state index contributed by atoms with van der Waals surface area (Å²) in [7, 11) is 0. The molecule has 0 amide bonds. The van der Waals surface area contributed by atoms with Crippen LogP contribution in [0.5, 0.6) is 11.5 Å². The smallest absolute Gasteiger partial charge is 0.123 e. The van der Waals surface area contributed by atoms with E-state index in [1.807, 2.05) is 30.3 Å². The van der Waals surface area contributed by atoms with Gasteiger partial charge in [0.1, 0.15) is 11.5 Å². The van der Waals surface area contributed by atoms with E-state index in [1.165, 1.54) is 5.56 Å². The van der Waals surface area contributed by atoms with E-state index in [1.54, 1.807) is 0 Å². The summed E-state index contributed by atoms with van der Waals surface area (Å²) >= 11 is 6.98. The first kappa shape index (κ1) is 14.0. The third-order valence-corrected chi connectivity index (χ3v) is 4.50. The van der Waals surface area contributed by atoms with Crippen molar-refractivity contribution in [3.05, 3.63) is 58.1 Å². The Labute approximate surface area is 135 Å². The molecule has 0 saturated heterocycles. The van der Waals surface area contributed by atoms with Crippen molar-refractivity contribution in [1.29, 1.82) is 0 Å². The van der Waals surface area contributed by atoms with Gasteiger partial charge in [0.2, 0.25) is 0 Å². The van der Waals surface area contributed by atoms with Gasteiger partial charge in [-0.3, -0.25) is 0 Å². The molecule has 0 spiro atoms. The maximum atomic E-state index is 5.99. The normalized spacial score (nSPS) is 16.6. The summed E-state index contributed by atoms with van der Waals surface area (Å²) in [4.78, 5) is 0. The van der Waals surface area contributed by atoms with Gasteiger partial charge in [-0.25, -0.2) is 0 Å². The predicted molar refractivity (Wildman–Crippen MR) is 86.9 cm³/mol. The van der Waals surface area contributed by atoms with E-state index in [-0.39, 0.29) is 0 Å². The summed E-state index contributed by atoms with van der Waals surface area (Å²) in [6.07, 6.45) is 0. The molecule has 0 fully saturated rings. The number of halogens is 2. The summed E-state index contributed by atoms with van der Waals surface area (Å²) in [6, 6.07) is 14.2. The van der Waals surface area contributed by atoms with Gasteiger partial charge in [-0.15, -0.1) is 0 Å². The molecule has 4 heteroatoms. The molecule has 1 unspecified atom stereocenters. The molecular formula is C16H14Br2O2. The van der Waals surface area contributed by atoms with E-state index in [4.69, 9.17) is 9.47 Å². The Kier molecular flexibility index (Phi) is 4.32. The van der Waals surface area contributed by atoms with Crippen molar-refractivity contribution in [2.45, 2.75) is 11.2 Å². The third kappa shape index (κ3) is 2.86. The van der Waals surface area contributed by atoms with Crippen molar-refractivity contribution in [2.24, 2.45) is 0 Å². The molecule has 0 radical (unpaired) electrons. The lowest BCUT2D eigenvalue weighted by Gasteiger charge is -2.14. The highest BCUT2D eigenvalue weighted by Gasteiger charge is 2.24. The van der Waals surface area contributed by atoms with Crippen molar-refractivity contribution >= 4 is 31.9 Å². The van der Waals surface area contributed by atoms with Crippen molar-refractivity contribution in [3.8, 4) is 11.5 Å². The van der Waals surface area contributed by atoms with Gasteiger partial charge < -0.3 is 9.47 Å². The molecule has 2 aromatic carbocycles. The molecular weight excluding hydrogens is 384 g/mol. The molecule has 20 heavy (non-hydrogen) atoms. The lowest BCUT2D eigenvalue weighted by atomic mass is 10.0. The van der Waals surface area contributed by atoms with E-state index in [0.29, 0.717) is 19.1 Å². The minimum atomic E-state index is 0.304. The summed E-state index contributed by atoms with van der Waals surface area (Å²) in [5.74, 6) is 2.21. The number of rotatable bonds is 4. The first-order valence-electron chi connectivity index (χ1n) is 6.47. The number of alkyl halides is 1. The molecule has 0 N–H and O–H groups in total. The van der Waals surface area contributed by atoms with E-state index in [0.717, 1.165) is 26.9 Å². The monoisotopic (exact) mass is 396 g/mol. The highest BCUT2D eigenvalue weighted by molar-refractivity contribution is 9.10. The fourth-order valence-electron chi connectivity index (χ4n) is 2.35. The largest absolute Gasteiger partial charge is 0.493 e. The van der Waals surface area contributed by atoms with Crippen LogP contribution in [0.4, 0.5) is 0 Å². The van der Waals surface area contributed by atoms with Crippen LogP contribution in [-0.2, 0) is 5.33 Å². The van der Waals surface area contributed by atoms with Gasteiger partial charge in [0.05, 0.1) is 19.1 Å². The van der Waals surface area contributed by atoms with E-state index < -0.39 is 0 Å². The van der Waals surface area contributed by atoms with Crippen LogP contribution in [0.1, 0.15) is 17.0 Å². The zero-order chi connectivity index (χ0) is 13.9. The first-order chi connectivity index (χ1) is 9.78. The van der Waals surface area contributed by atoms with Gasteiger partial charge >= 0.3 is 0 Å². The standard InChI is InChI=1S/C16H14Br2O2/c17-8-11-7-13(18)5-6-15(11)19-9-12-10-20-16-4-2-1-3-14(12)16/h1-7,12H,8-10H2. The topological polar surface area (TPSA) is 18.5 Å². The van der Waals surface area contributed by atoms with Crippen LogP contribution in [0.3, 0.4) is 0 Å². The zero-order valence-electron chi connectivity index (χ0n) is 10.8. The Morgan fingerprint density at radius 3 is 2.90 bits per heavy atom. The minimum Gasteiger partial charge on any atom is -0.493 e. The lowest BCUT2D eigenvalue weighted by molar-refractivity contribution is 0.247. The second-order valence-corrected chi connectivity index (χ2v) is 6.22. The molecule has 1 heterocycles. The highest BCUT2D eigenvalue weighted by Crippen LogP contribution is 2.34. The van der Waals surface area contributed by atoms with Crippen LogP contribution < -0.4 is 9.47 Å². The van der Waals surface area contributed by atoms with Gasteiger partial charge in [0.25, 0.3) is 0 Å². The Morgan fingerprint density at radius 2 is 2.05 bits per heavy atom. The average molecular weight is 398 g/mol. The maximum absolute atomic E-state index is 5.99. The molecule has 104 valence electrons. The number of para-hydroxylation sites is 1. The molecule has 2 nitrogen and oxygen atoms in total. The second-order valence-electron chi connectivity index (χ2n) is 4.74. The predicted octanol–water partition coefficient (Wildman–Crippen LogP) is 4.90. The number of hydrogen-bond acceptors (Lipinski definition) is 2. The molecule has 1 aliphatic rings. The fraction of sp³-hybridized carbons (Fsp3) is 0.250. The summed E-state index contributed by atoms with van der Waals surface area (Å²) in [5, 5.41) is 0.777. The Bertz CT molecular complexity index is 613. The molecule has 0 aromatic heterocycles. The van der Waals surface area contributed by atoms with Crippen LogP contribution in [0.25, 0.3) is 0 Å². The van der Waals surface area contributed by atoms with Gasteiger partial charge in [0.15, 0.2) is 0 Å². The summed E-state index contributed by atoms with van der Waals surface area (Å²) in [6.45, 7) is 1.33. The van der Waals surface area contributed by atoms with Crippen molar-refractivity contribution in [3.63, 3.8) is 0 Å². The SMILES string of the molecule is BrCc1cc(Br)ccc1OCC1COc2ccccc21. The maximum Gasteiger partial charge on any atom is 0.123 e. The fourth-order valence-corrected chi connectivity index (χ4v) is 3.20. The molecule has 0 aliphatic carbocycles. The molecule has 1 atom stereocenters. The summed E-state index contributed by atoms with van der Waals surface area (Å²) < 4.78 is 12.7. The minimum absolute atomic E-state index is 0.304. The zero-order valence-corrected chi connectivity index (χ0v) is 14.0.